The van der Waals surface area contributed by atoms with Gasteiger partial charge in [-0.1, -0.05) is 17.4 Å². The van der Waals surface area contributed by atoms with Crippen molar-refractivity contribution in [3.05, 3.63) is 47.6 Å². The molecule has 4 aromatic rings. The van der Waals surface area contributed by atoms with Crippen molar-refractivity contribution < 1.29 is 4.39 Å². The molecule has 3 aromatic heterocycles. The lowest BCUT2D eigenvalue weighted by molar-refractivity contribution is 0.628. The van der Waals surface area contributed by atoms with E-state index in [-0.39, 0.29) is 5.82 Å². The third kappa shape index (κ3) is 1.83. The molecule has 0 saturated heterocycles. The van der Waals surface area contributed by atoms with Crippen LogP contribution in [0.4, 0.5) is 4.39 Å². The molecule has 0 aliphatic rings. The summed E-state index contributed by atoms with van der Waals surface area (Å²) in [4.78, 5) is 1.75. The normalized spacial score (nSPS) is 11.2. The van der Waals surface area contributed by atoms with Gasteiger partial charge in [0.25, 0.3) is 0 Å². The number of aromatic nitrogens is 4. The zero-order valence-electron chi connectivity index (χ0n) is 10.0. The minimum Gasteiger partial charge on any atom is -0.207 e. The molecule has 4 rings (SSSR count). The number of fused-ring (bicyclic) bond motifs is 1. The van der Waals surface area contributed by atoms with Crippen molar-refractivity contribution in [2.75, 3.05) is 0 Å². The lowest BCUT2D eigenvalue weighted by Crippen LogP contribution is -1.89. The van der Waals surface area contributed by atoms with E-state index in [4.69, 9.17) is 0 Å². The highest BCUT2D eigenvalue weighted by Crippen LogP contribution is 2.29. The Bertz CT molecular complexity index is 862. The second-order valence-electron chi connectivity index (χ2n) is 4.11. The molecular formula is C13H7FN4S2. The minimum atomic E-state index is -0.254. The Morgan fingerprint density at radius 1 is 1.05 bits per heavy atom. The van der Waals surface area contributed by atoms with Gasteiger partial charge in [-0.3, -0.25) is 0 Å². The highest BCUT2D eigenvalue weighted by Gasteiger charge is 2.14. The maximum Gasteiger partial charge on any atom is 0.235 e. The van der Waals surface area contributed by atoms with Crippen molar-refractivity contribution in [1.82, 2.24) is 19.8 Å². The molecule has 0 amide bonds. The summed E-state index contributed by atoms with van der Waals surface area (Å²) in [6, 6.07) is 10.2. The number of halogens is 1. The van der Waals surface area contributed by atoms with E-state index in [1.54, 1.807) is 28.0 Å². The molecule has 0 fully saturated rings. The maximum absolute atomic E-state index is 13.0. The van der Waals surface area contributed by atoms with E-state index >= 15 is 0 Å². The molecule has 0 atom stereocenters. The zero-order valence-corrected chi connectivity index (χ0v) is 11.7. The summed E-state index contributed by atoms with van der Waals surface area (Å²) in [5.74, 6) is 0.482. The quantitative estimate of drug-likeness (QED) is 0.567. The van der Waals surface area contributed by atoms with E-state index in [0.29, 0.717) is 0 Å². The Labute approximate surface area is 121 Å². The van der Waals surface area contributed by atoms with Crippen molar-refractivity contribution in [2.24, 2.45) is 0 Å². The van der Waals surface area contributed by atoms with Gasteiger partial charge in [0.1, 0.15) is 10.8 Å². The van der Waals surface area contributed by atoms with Gasteiger partial charge in [-0.2, -0.15) is 9.61 Å². The second kappa shape index (κ2) is 4.46. The number of thiophene rings is 1. The first-order valence-electron chi connectivity index (χ1n) is 5.83. The summed E-state index contributed by atoms with van der Waals surface area (Å²) >= 11 is 3.03. The van der Waals surface area contributed by atoms with Crippen molar-refractivity contribution >= 4 is 27.6 Å². The Hall–Kier alpha value is -2.12. The standard InChI is InChI=1S/C13H7FN4S2/c14-9-5-3-8(4-6-9)12-17-18-11(10-2-1-7-19-10)15-16-13(18)20-12/h1-7H. The smallest absolute Gasteiger partial charge is 0.207 e. The summed E-state index contributed by atoms with van der Waals surface area (Å²) in [7, 11) is 0. The summed E-state index contributed by atoms with van der Waals surface area (Å²) < 4.78 is 14.7. The van der Waals surface area contributed by atoms with Crippen LogP contribution in [-0.2, 0) is 0 Å². The van der Waals surface area contributed by atoms with Gasteiger partial charge in [0.05, 0.1) is 4.88 Å². The third-order valence-corrected chi connectivity index (χ3v) is 4.64. The molecule has 7 heteroatoms. The van der Waals surface area contributed by atoms with Crippen molar-refractivity contribution in [3.63, 3.8) is 0 Å². The van der Waals surface area contributed by atoms with Crippen molar-refractivity contribution in [3.8, 4) is 21.3 Å². The molecule has 0 aliphatic heterocycles. The monoisotopic (exact) mass is 302 g/mol. The summed E-state index contributed by atoms with van der Waals surface area (Å²) in [5.41, 5.74) is 0.874. The van der Waals surface area contributed by atoms with Crippen LogP contribution in [0.25, 0.3) is 26.2 Å². The first-order valence-corrected chi connectivity index (χ1v) is 7.53. The lowest BCUT2D eigenvalue weighted by Gasteiger charge is -1.94. The predicted octanol–water partition coefficient (Wildman–Crippen LogP) is 3.72. The Morgan fingerprint density at radius 2 is 1.90 bits per heavy atom. The lowest BCUT2D eigenvalue weighted by atomic mass is 10.2. The average Bonchev–Trinajstić information content (AvgIpc) is 3.15. The van der Waals surface area contributed by atoms with E-state index in [2.05, 4.69) is 15.3 Å². The Morgan fingerprint density at radius 3 is 2.65 bits per heavy atom. The van der Waals surface area contributed by atoms with E-state index in [1.165, 1.54) is 23.5 Å². The minimum absolute atomic E-state index is 0.254. The van der Waals surface area contributed by atoms with Crippen LogP contribution in [0.1, 0.15) is 0 Å². The number of nitrogens with zero attached hydrogens (tertiary/aromatic N) is 4. The summed E-state index contributed by atoms with van der Waals surface area (Å²) in [5, 5.41) is 15.6. The first-order chi connectivity index (χ1) is 9.81. The molecule has 0 saturated carbocycles. The third-order valence-electron chi connectivity index (χ3n) is 2.82. The second-order valence-corrected chi connectivity index (χ2v) is 6.01. The summed E-state index contributed by atoms with van der Waals surface area (Å²) in [6.45, 7) is 0. The van der Waals surface area contributed by atoms with Crippen LogP contribution in [0.3, 0.4) is 0 Å². The number of benzene rings is 1. The van der Waals surface area contributed by atoms with E-state index < -0.39 is 0 Å². The molecule has 3 heterocycles. The molecular weight excluding hydrogens is 295 g/mol. The fraction of sp³-hybridized carbons (Fsp3) is 0. The molecule has 4 nitrogen and oxygen atoms in total. The van der Waals surface area contributed by atoms with Crippen LogP contribution in [-0.4, -0.2) is 19.8 Å². The van der Waals surface area contributed by atoms with Gasteiger partial charge in [-0.05, 0) is 35.7 Å². The highest BCUT2D eigenvalue weighted by molar-refractivity contribution is 7.19. The first kappa shape index (κ1) is 11.7. The van der Waals surface area contributed by atoms with Gasteiger partial charge in [0.15, 0.2) is 5.82 Å². The van der Waals surface area contributed by atoms with Crippen LogP contribution >= 0.6 is 22.7 Å². The van der Waals surface area contributed by atoms with Gasteiger partial charge in [-0.15, -0.1) is 21.5 Å². The van der Waals surface area contributed by atoms with Crippen LogP contribution in [0.15, 0.2) is 41.8 Å². The topological polar surface area (TPSA) is 43.1 Å². The largest absolute Gasteiger partial charge is 0.235 e. The number of hydrogen-bond acceptors (Lipinski definition) is 5. The van der Waals surface area contributed by atoms with Gasteiger partial charge >= 0.3 is 0 Å². The fourth-order valence-corrected chi connectivity index (χ4v) is 3.42. The predicted molar refractivity (Wildman–Crippen MR) is 77.4 cm³/mol. The SMILES string of the molecule is Fc1ccc(-c2nn3c(-c4cccs4)nnc3s2)cc1. The Balaban J connectivity index is 1.85. The molecule has 0 spiro atoms. The van der Waals surface area contributed by atoms with Crippen LogP contribution in [0.2, 0.25) is 0 Å². The number of rotatable bonds is 2. The molecule has 98 valence electrons. The number of hydrogen-bond donors (Lipinski definition) is 0. The molecule has 0 bridgehead atoms. The highest BCUT2D eigenvalue weighted by atomic mass is 32.1. The molecule has 0 radical (unpaired) electrons. The summed E-state index contributed by atoms with van der Waals surface area (Å²) in [6.07, 6.45) is 0. The molecule has 0 aliphatic carbocycles. The molecule has 0 unspecified atom stereocenters. The molecule has 20 heavy (non-hydrogen) atoms. The van der Waals surface area contributed by atoms with Crippen molar-refractivity contribution in [1.29, 1.82) is 0 Å². The van der Waals surface area contributed by atoms with Gasteiger partial charge in [0.2, 0.25) is 4.96 Å². The fourth-order valence-electron chi connectivity index (χ4n) is 1.89. The van der Waals surface area contributed by atoms with Crippen LogP contribution < -0.4 is 0 Å². The average molecular weight is 302 g/mol. The maximum atomic E-state index is 13.0. The molecule has 1 aromatic carbocycles. The van der Waals surface area contributed by atoms with Crippen molar-refractivity contribution in [2.45, 2.75) is 0 Å². The van der Waals surface area contributed by atoms with Gasteiger partial charge in [0, 0.05) is 5.56 Å². The van der Waals surface area contributed by atoms with E-state index in [9.17, 15) is 4.39 Å². The van der Waals surface area contributed by atoms with E-state index in [0.717, 1.165) is 26.2 Å². The van der Waals surface area contributed by atoms with Gasteiger partial charge in [-0.25, -0.2) is 4.39 Å². The van der Waals surface area contributed by atoms with Crippen LogP contribution in [0, 0.1) is 5.82 Å². The Kier molecular flexibility index (Phi) is 2.61. The zero-order chi connectivity index (χ0) is 13.5. The van der Waals surface area contributed by atoms with E-state index in [1.807, 2.05) is 17.5 Å². The van der Waals surface area contributed by atoms with Gasteiger partial charge < -0.3 is 0 Å². The van der Waals surface area contributed by atoms with Crippen LogP contribution in [0.5, 0.6) is 0 Å². The molecule has 0 N–H and O–H groups in total.